The Hall–Kier alpha value is -13.5. The minimum absolute atomic E-state index is 0. The molecule has 2 fully saturated rings. The summed E-state index contributed by atoms with van der Waals surface area (Å²) in [5.74, 6) is -4.35. The first kappa shape index (κ1) is 102. The Morgan fingerprint density at radius 1 is 0.504 bits per heavy atom. The fraction of sp³-hybridized carbons (Fsp3) is 0.348. The molecular formula is C89H101F2N5O25. The summed E-state index contributed by atoms with van der Waals surface area (Å²) >= 11 is 0. The number of carbonyl (C=O) groups is 5. The Morgan fingerprint density at radius 3 is 1.31 bits per heavy atom. The van der Waals surface area contributed by atoms with Crippen LogP contribution in [0.3, 0.4) is 0 Å². The molecule has 0 radical (unpaired) electrons. The van der Waals surface area contributed by atoms with E-state index < -0.39 is 46.9 Å². The van der Waals surface area contributed by atoms with Gasteiger partial charge in [0.2, 0.25) is 27.5 Å². The van der Waals surface area contributed by atoms with Crippen LogP contribution in [-0.2, 0) is 105 Å². The molecule has 5 atom stereocenters. The number of pyridine rings is 3. The molecule has 0 spiro atoms. The van der Waals surface area contributed by atoms with E-state index in [0.717, 1.165) is 40.8 Å². The van der Waals surface area contributed by atoms with Crippen LogP contribution in [0.1, 0.15) is 167 Å². The molecule has 1 unspecified atom stereocenters. The van der Waals surface area contributed by atoms with Gasteiger partial charge in [0.25, 0.3) is 17.6 Å². The first-order valence-electron chi connectivity index (χ1n) is 36.3. The highest BCUT2D eigenvalue weighted by molar-refractivity contribution is 6.00. The Bertz CT molecular complexity index is 5260. The number of benzene rings is 5. The van der Waals surface area contributed by atoms with E-state index in [4.69, 9.17) is 71.1 Å². The van der Waals surface area contributed by atoms with Crippen molar-refractivity contribution in [2.24, 2.45) is 0 Å². The third-order valence-corrected chi connectivity index (χ3v) is 18.5. The summed E-state index contributed by atoms with van der Waals surface area (Å²) in [7, 11) is 4.07. The van der Waals surface area contributed by atoms with Crippen molar-refractivity contribution >= 4 is 48.0 Å². The number of rotatable bonds is 21. The van der Waals surface area contributed by atoms with Crippen LogP contribution >= 0.6 is 0 Å². The van der Waals surface area contributed by atoms with Crippen molar-refractivity contribution < 1.29 is 109 Å². The van der Waals surface area contributed by atoms with Crippen molar-refractivity contribution in [1.82, 2.24) is 23.5 Å². The van der Waals surface area contributed by atoms with Crippen molar-refractivity contribution in [3.05, 3.63) is 290 Å². The van der Waals surface area contributed by atoms with E-state index in [1.54, 1.807) is 63.8 Å². The predicted molar refractivity (Wildman–Crippen MR) is 434 cm³/mol. The summed E-state index contributed by atoms with van der Waals surface area (Å²) in [6.07, 6.45) is 7.00. The normalized spacial score (nSPS) is 14.8. The zero-order chi connectivity index (χ0) is 85.4. The molecule has 0 bridgehead atoms. The van der Waals surface area contributed by atoms with E-state index >= 15 is 0 Å². The van der Waals surface area contributed by atoms with Gasteiger partial charge in [0, 0.05) is 73.5 Å². The molecule has 8 heterocycles. The topological polar surface area (TPSA) is 374 Å². The highest BCUT2D eigenvalue weighted by Crippen LogP contribution is 2.33. The Labute approximate surface area is 698 Å². The highest BCUT2D eigenvalue weighted by atomic mass is 19.1. The number of aromatic nitrogens is 3. The molecule has 646 valence electrons. The fourth-order valence-electron chi connectivity index (χ4n) is 12.5. The Balaban J connectivity index is 0.000000407. The van der Waals surface area contributed by atoms with Gasteiger partial charge in [-0.2, -0.15) is 28.8 Å². The van der Waals surface area contributed by atoms with E-state index in [9.17, 15) is 51.9 Å². The summed E-state index contributed by atoms with van der Waals surface area (Å²) in [6, 6.07) is 40.7. The number of Topliss-reactive ketones (excluding diaryl/α,β-unsaturated/α-hetero) is 1. The zero-order valence-electron chi connectivity index (χ0n) is 65.4. The minimum Gasteiger partial charge on any atom is -0.483 e. The number of carbonyl (C=O) groups excluding carboxylic acids is 11. The van der Waals surface area contributed by atoms with Gasteiger partial charge >= 0.3 is 30.4 Å². The van der Waals surface area contributed by atoms with Crippen molar-refractivity contribution in [1.29, 1.82) is 0 Å². The monoisotopic (exact) mass is 1680 g/mol. The van der Waals surface area contributed by atoms with Crippen LogP contribution in [0.15, 0.2) is 188 Å². The van der Waals surface area contributed by atoms with Crippen LogP contribution in [-0.4, -0.2) is 137 Å². The van der Waals surface area contributed by atoms with Crippen LogP contribution in [0.5, 0.6) is 23.0 Å². The SMILES string of the molecule is C.C.C.C.COC(=O)c1c(OCc2ccccc2)c(=O)c(C)cn1CC(C)OC.COC(=O)c1occ(C)c(=O)c1OCc1ccccc1.C[C@@H]1CCO[C@H]2Cn3cc(C(=O)CCc4ccc(F)cc4F)c(=O)c(OCc4ccccc4)c3C(=O)N12.Cc1cn2c(c(OCc3ccccc3)c1=O)C(=O)N1[C@H](C)CCO[C@H]1C2.O=C=O.O=C=O.O=C=O. The molecule has 4 aliphatic heterocycles. The quantitative estimate of drug-likeness (QED) is 0.0476. The minimum atomic E-state index is -0.754. The molecule has 4 aliphatic rings. The van der Waals surface area contributed by atoms with Crippen LogP contribution in [0, 0.1) is 32.4 Å². The fourth-order valence-corrected chi connectivity index (χ4v) is 12.5. The van der Waals surface area contributed by atoms with Gasteiger partial charge < -0.3 is 70.6 Å². The molecule has 9 aromatic rings. The van der Waals surface area contributed by atoms with Gasteiger partial charge in [-0.15, -0.1) is 0 Å². The van der Waals surface area contributed by atoms with E-state index in [1.165, 1.54) is 32.7 Å². The zero-order valence-corrected chi connectivity index (χ0v) is 65.4. The molecule has 30 nitrogen and oxygen atoms in total. The van der Waals surface area contributed by atoms with E-state index in [0.29, 0.717) is 55.1 Å². The highest BCUT2D eigenvalue weighted by Gasteiger charge is 2.43. The van der Waals surface area contributed by atoms with Crippen LogP contribution in [0.2, 0.25) is 0 Å². The lowest BCUT2D eigenvalue weighted by Gasteiger charge is -2.44. The lowest BCUT2D eigenvalue weighted by molar-refractivity contribution is -0.193. The predicted octanol–water partition coefficient (Wildman–Crippen LogP) is 12.1. The second-order valence-corrected chi connectivity index (χ2v) is 26.4. The van der Waals surface area contributed by atoms with Crippen LogP contribution in [0.25, 0.3) is 0 Å². The molecule has 121 heavy (non-hydrogen) atoms. The van der Waals surface area contributed by atoms with Crippen molar-refractivity contribution in [2.75, 3.05) is 34.5 Å². The Kier molecular flexibility index (Phi) is 42.3. The van der Waals surface area contributed by atoms with Crippen LogP contribution in [0.4, 0.5) is 8.78 Å². The first-order valence-corrected chi connectivity index (χ1v) is 36.3. The third-order valence-electron chi connectivity index (χ3n) is 18.5. The maximum atomic E-state index is 14.1. The smallest absolute Gasteiger partial charge is 0.378 e. The van der Waals surface area contributed by atoms with Crippen molar-refractivity contribution in [3.63, 3.8) is 0 Å². The third kappa shape index (κ3) is 27.0. The van der Waals surface area contributed by atoms with Crippen molar-refractivity contribution in [2.45, 2.75) is 174 Å². The number of ketones is 1. The van der Waals surface area contributed by atoms with Gasteiger partial charge in [-0.05, 0) is 94.7 Å². The van der Waals surface area contributed by atoms with Gasteiger partial charge in [0.05, 0.1) is 58.5 Å². The van der Waals surface area contributed by atoms with Crippen molar-refractivity contribution in [3.8, 4) is 23.0 Å². The average Bonchev–Trinajstić information content (AvgIpc) is 0.749. The number of ether oxygens (including phenoxy) is 9. The summed E-state index contributed by atoms with van der Waals surface area (Å²) in [6.45, 7) is 13.7. The van der Waals surface area contributed by atoms with Gasteiger partial charge in [-0.1, -0.05) is 157 Å². The van der Waals surface area contributed by atoms with Crippen LogP contribution < -0.4 is 40.7 Å². The maximum Gasteiger partial charge on any atom is 0.378 e. The van der Waals surface area contributed by atoms with Gasteiger partial charge in [-0.3, -0.25) is 33.6 Å². The molecule has 32 heteroatoms. The molecule has 0 N–H and O–H groups in total. The molecule has 2 saturated heterocycles. The van der Waals surface area contributed by atoms with E-state index in [-0.39, 0.29) is 192 Å². The van der Waals surface area contributed by atoms with Gasteiger partial charge in [0.15, 0.2) is 52.6 Å². The summed E-state index contributed by atoms with van der Waals surface area (Å²) in [4.78, 5) is 167. The molecule has 0 saturated carbocycles. The second-order valence-electron chi connectivity index (χ2n) is 26.4. The van der Waals surface area contributed by atoms with E-state index in [2.05, 4.69) is 4.74 Å². The number of methoxy groups -OCH3 is 3. The van der Waals surface area contributed by atoms with Gasteiger partial charge in [-0.25, -0.2) is 18.4 Å². The maximum absolute atomic E-state index is 14.1. The molecular weight excluding hydrogens is 1580 g/mol. The number of aryl methyl sites for hydroxylation is 4. The molecule has 2 amide bonds. The summed E-state index contributed by atoms with van der Waals surface area (Å²) in [5, 5.41) is 0. The number of fused-ring (bicyclic) bond motifs is 4. The molecule has 0 aliphatic carbocycles. The number of amides is 2. The molecule has 5 aromatic carbocycles. The lowest BCUT2D eigenvalue weighted by atomic mass is 10.0. The standard InChI is InChI=1S/C28H26F2N2O5.C20H22N2O4.C19H23NO5.C15H14O5.3CO2.4CH4/c1-17-11-12-36-24-15-31-14-21(23(33)10-8-19-7-9-20(29)13-22(19)30)26(34)27(25(31)28(35)32(17)24)37-16-18-5-3-2-4-6-18;1-13-10-21-11-16-22(14(2)8-9-25-16)20(24)17(21)19(18(13)23)26-12-15-6-4-3-5-7-15;1-13-10-20(11-14(2)23-3)16(19(22)24-4)18(17(13)21)25-12-15-8-6-5-7-9-15;1-10-8-19-14(15(17)18-2)13(12(10)16)20-9-11-6-4-3-5-7-11;3*2-1-3;;;;/h2-7,9,13-14,17,24H,8,10-12,15-16H2,1H3;3-7,10,14,16H,8-9,11-12H2,1-2H3;5-10,14H,11-12H2,1-4H3;3-8H,9H2,1-2H3;;;;4*1H4/t17-,24+;14-,16+;;;;;;;;;/m11........./s1. The number of nitrogens with zero attached hydrogens (tertiary/aromatic N) is 5. The van der Waals surface area contributed by atoms with Gasteiger partial charge in [0.1, 0.15) is 38.1 Å². The number of hydrogen-bond acceptors (Lipinski definition) is 25. The Morgan fingerprint density at radius 2 is 0.893 bits per heavy atom. The summed E-state index contributed by atoms with van der Waals surface area (Å²) in [5.41, 5.74) is 3.81. The molecule has 13 rings (SSSR count). The lowest BCUT2D eigenvalue weighted by Crippen LogP contribution is -2.57. The first-order chi connectivity index (χ1) is 56.2. The second kappa shape index (κ2) is 50.3. The number of hydrogen-bond donors (Lipinski definition) is 0. The number of esters is 2. The average molecular weight is 1680 g/mol. The van der Waals surface area contributed by atoms with E-state index in [1.807, 2.05) is 142 Å². The largest absolute Gasteiger partial charge is 0.483 e. The molecule has 4 aromatic heterocycles. The summed E-state index contributed by atoms with van der Waals surface area (Å²) < 4.78 is 86.7. The number of halogens is 2.